The number of ether oxygens (including phenoxy) is 1. The van der Waals surface area contributed by atoms with Crippen LogP contribution in [0.15, 0.2) is 12.3 Å². The second kappa shape index (κ2) is 4.32. The van der Waals surface area contributed by atoms with Crippen LogP contribution in [0.4, 0.5) is 0 Å². The fraction of sp³-hybridized carbons (Fsp3) is 0.333. The summed E-state index contributed by atoms with van der Waals surface area (Å²) in [4.78, 5) is 9.72. The van der Waals surface area contributed by atoms with E-state index in [1.165, 1.54) is 0 Å². The molecule has 5 nitrogen and oxygen atoms in total. The van der Waals surface area contributed by atoms with Crippen LogP contribution >= 0.6 is 0 Å². The minimum atomic E-state index is 0.336. The maximum absolute atomic E-state index is 9.72. The molecule has 0 atom stereocenters. The van der Waals surface area contributed by atoms with Gasteiger partial charge < -0.3 is 4.74 Å². The lowest BCUT2D eigenvalue weighted by atomic mass is 10.3. The van der Waals surface area contributed by atoms with E-state index in [0.717, 1.165) is 5.69 Å². The van der Waals surface area contributed by atoms with Crippen LogP contribution in [0.3, 0.4) is 0 Å². The van der Waals surface area contributed by atoms with Gasteiger partial charge in [-0.3, -0.25) is 4.79 Å². The first-order chi connectivity index (χ1) is 5.43. The summed E-state index contributed by atoms with van der Waals surface area (Å²) in [5.41, 5.74) is 0.766. The van der Waals surface area contributed by atoms with Crippen LogP contribution in [0, 0.1) is 0 Å². The van der Waals surface area contributed by atoms with Crippen molar-refractivity contribution in [1.29, 1.82) is 0 Å². The molecule has 0 aliphatic rings. The van der Waals surface area contributed by atoms with Gasteiger partial charge in [0, 0.05) is 6.42 Å². The van der Waals surface area contributed by atoms with Crippen LogP contribution in [0.5, 0.6) is 0 Å². The average Bonchev–Trinajstić information content (AvgIpc) is 2.07. The number of carbonyl (C=O) groups is 1. The molecule has 5 heteroatoms. The van der Waals surface area contributed by atoms with E-state index in [2.05, 4.69) is 20.1 Å². The number of hydrogen-bond donors (Lipinski definition) is 0. The van der Waals surface area contributed by atoms with Crippen molar-refractivity contribution in [2.24, 2.45) is 0 Å². The van der Waals surface area contributed by atoms with Gasteiger partial charge in [-0.2, -0.15) is 0 Å². The summed E-state index contributed by atoms with van der Waals surface area (Å²) in [5, 5.41) is 10.6. The molecule has 58 valence electrons. The number of nitrogens with zero attached hydrogens (tertiary/aromatic N) is 3. The Morgan fingerprint density at radius 2 is 2.55 bits per heavy atom. The Hall–Kier alpha value is -1.52. The highest BCUT2D eigenvalue weighted by molar-refractivity contribution is 5.36. The molecular formula is C6H7N3O2. The molecule has 0 unspecified atom stereocenters. The first kappa shape index (κ1) is 7.59. The zero-order chi connectivity index (χ0) is 7.94. The number of rotatable bonds is 4. The summed E-state index contributed by atoms with van der Waals surface area (Å²) < 4.78 is 4.47. The van der Waals surface area contributed by atoms with Gasteiger partial charge in [0.2, 0.25) is 0 Å². The molecule has 0 spiro atoms. The topological polar surface area (TPSA) is 65.0 Å². The van der Waals surface area contributed by atoms with E-state index in [0.29, 0.717) is 19.5 Å². The molecule has 0 fully saturated rings. The molecule has 11 heavy (non-hydrogen) atoms. The summed E-state index contributed by atoms with van der Waals surface area (Å²) in [6.07, 6.45) is 2.12. The lowest BCUT2D eigenvalue weighted by molar-refractivity contribution is -0.128. The molecule has 1 heterocycles. The Bertz CT molecular complexity index is 214. The third-order valence-corrected chi connectivity index (χ3v) is 1.10. The first-order valence-electron chi connectivity index (χ1n) is 3.12. The maximum atomic E-state index is 9.72. The van der Waals surface area contributed by atoms with Gasteiger partial charge in [0.1, 0.15) is 0 Å². The van der Waals surface area contributed by atoms with Crippen molar-refractivity contribution in [3.63, 3.8) is 0 Å². The molecule has 0 amide bonds. The van der Waals surface area contributed by atoms with E-state index in [1.54, 1.807) is 12.3 Å². The van der Waals surface area contributed by atoms with Crippen LogP contribution in [-0.2, 0) is 16.0 Å². The van der Waals surface area contributed by atoms with Crippen molar-refractivity contribution in [3.05, 3.63) is 18.0 Å². The number of aromatic nitrogens is 3. The van der Waals surface area contributed by atoms with Gasteiger partial charge in [-0.15, -0.1) is 10.2 Å². The Labute approximate surface area is 63.4 Å². The molecule has 0 N–H and O–H groups in total. The zero-order valence-electron chi connectivity index (χ0n) is 5.80. The van der Waals surface area contributed by atoms with Gasteiger partial charge in [-0.05, 0) is 11.3 Å². The molecule has 1 aromatic heterocycles. The largest absolute Gasteiger partial charge is 0.467 e. The van der Waals surface area contributed by atoms with Gasteiger partial charge in [0.25, 0.3) is 6.47 Å². The van der Waals surface area contributed by atoms with E-state index >= 15 is 0 Å². The van der Waals surface area contributed by atoms with Gasteiger partial charge in [-0.1, -0.05) is 0 Å². The number of hydrogen-bond acceptors (Lipinski definition) is 5. The smallest absolute Gasteiger partial charge is 0.293 e. The molecule has 0 saturated heterocycles. The molecule has 0 aromatic carbocycles. The van der Waals surface area contributed by atoms with Crippen LogP contribution in [0.2, 0.25) is 0 Å². The normalized spacial score (nSPS) is 9.09. The number of carbonyl (C=O) groups excluding carboxylic acids is 1. The highest BCUT2D eigenvalue weighted by atomic mass is 16.5. The highest BCUT2D eigenvalue weighted by Crippen LogP contribution is 1.90. The summed E-state index contributed by atoms with van der Waals surface area (Å²) in [7, 11) is 0. The summed E-state index contributed by atoms with van der Waals surface area (Å²) in [6.45, 7) is 0.747. The molecule has 1 aromatic rings. The first-order valence-corrected chi connectivity index (χ1v) is 3.12. The summed E-state index contributed by atoms with van der Waals surface area (Å²) in [6, 6.07) is 1.72. The average molecular weight is 153 g/mol. The standard InChI is InChI=1S/C6H7N3O2/c10-5-11-4-2-6-1-3-7-9-8-6/h1,3,5H,2,4H2. The molecule has 0 bridgehead atoms. The predicted molar refractivity (Wildman–Crippen MR) is 35.5 cm³/mol. The Balaban J connectivity index is 2.33. The minimum absolute atomic E-state index is 0.336. The molecule has 0 saturated carbocycles. The van der Waals surface area contributed by atoms with Crippen molar-refractivity contribution < 1.29 is 9.53 Å². The monoisotopic (exact) mass is 153 g/mol. The maximum Gasteiger partial charge on any atom is 0.293 e. The Morgan fingerprint density at radius 1 is 1.64 bits per heavy atom. The highest BCUT2D eigenvalue weighted by Gasteiger charge is 1.92. The quantitative estimate of drug-likeness (QED) is 0.434. The van der Waals surface area contributed by atoms with Gasteiger partial charge in [0.05, 0.1) is 18.5 Å². The van der Waals surface area contributed by atoms with Crippen LogP contribution in [0.25, 0.3) is 0 Å². The molecule has 0 aliphatic carbocycles. The van der Waals surface area contributed by atoms with Crippen molar-refractivity contribution in [3.8, 4) is 0 Å². The predicted octanol–water partition coefficient (Wildman–Crippen LogP) is -0.413. The van der Waals surface area contributed by atoms with Crippen LogP contribution in [-0.4, -0.2) is 28.5 Å². The third-order valence-electron chi connectivity index (χ3n) is 1.10. The molecule has 0 radical (unpaired) electrons. The van der Waals surface area contributed by atoms with E-state index in [-0.39, 0.29) is 0 Å². The van der Waals surface area contributed by atoms with Crippen LogP contribution in [0.1, 0.15) is 5.69 Å². The van der Waals surface area contributed by atoms with E-state index in [1.807, 2.05) is 0 Å². The van der Waals surface area contributed by atoms with Gasteiger partial charge in [0.15, 0.2) is 0 Å². The summed E-state index contributed by atoms with van der Waals surface area (Å²) >= 11 is 0. The van der Waals surface area contributed by atoms with E-state index in [4.69, 9.17) is 0 Å². The van der Waals surface area contributed by atoms with Gasteiger partial charge >= 0.3 is 0 Å². The molecular weight excluding hydrogens is 146 g/mol. The zero-order valence-corrected chi connectivity index (χ0v) is 5.80. The van der Waals surface area contributed by atoms with E-state index in [9.17, 15) is 4.79 Å². The Morgan fingerprint density at radius 3 is 3.18 bits per heavy atom. The third kappa shape index (κ3) is 2.70. The fourth-order valence-electron chi connectivity index (χ4n) is 0.611. The van der Waals surface area contributed by atoms with Crippen molar-refractivity contribution in [1.82, 2.24) is 15.4 Å². The fourth-order valence-corrected chi connectivity index (χ4v) is 0.611. The van der Waals surface area contributed by atoms with Gasteiger partial charge in [-0.25, -0.2) is 0 Å². The van der Waals surface area contributed by atoms with Crippen molar-refractivity contribution in [2.45, 2.75) is 6.42 Å². The van der Waals surface area contributed by atoms with Crippen molar-refractivity contribution >= 4 is 6.47 Å². The van der Waals surface area contributed by atoms with Crippen molar-refractivity contribution in [2.75, 3.05) is 6.61 Å². The lowest BCUT2D eigenvalue weighted by Crippen LogP contribution is -2.00. The van der Waals surface area contributed by atoms with Crippen LogP contribution < -0.4 is 0 Å². The second-order valence-corrected chi connectivity index (χ2v) is 1.83. The Kier molecular flexibility index (Phi) is 2.98. The summed E-state index contributed by atoms with van der Waals surface area (Å²) in [5.74, 6) is 0. The lowest BCUT2D eigenvalue weighted by Gasteiger charge is -1.95. The van der Waals surface area contributed by atoms with E-state index < -0.39 is 0 Å². The minimum Gasteiger partial charge on any atom is -0.467 e. The molecule has 1 rings (SSSR count). The SMILES string of the molecule is O=COCCc1ccnnn1. The molecule has 0 aliphatic heterocycles. The second-order valence-electron chi connectivity index (χ2n) is 1.83.